The molecule has 0 aliphatic heterocycles. The summed E-state index contributed by atoms with van der Waals surface area (Å²) in [5.41, 5.74) is 1.78. The van der Waals surface area contributed by atoms with Crippen LogP contribution in [-0.2, 0) is 0 Å². The zero-order chi connectivity index (χ0) is 16.6. The van der Waals surface area contributed by atoms with Crippen LogP contribution in [0.3, 0.4) is 0 Å². The molecule has 0 bridgehead atoms. The third-order valence-electron chi connectivity index (χ3n) is 3.21. The summed E-state index contributed by atoms with van der Waals surface area (Å²) in [7, 11) is 0. The number of para-hydroxylation sites is 1. The molecule has 2 heterocycles. The summed E-state index contributed by atoms with van der Waals surface area (Å²) >= 11 is 0. The Hall–Kier alpha value is -3.15. The van der Waals surface area contributed by atoms with Crippen LogP contribution < -0.4 is 15.4 Å². The summed E-state index contributed by atoms with van der Waals surface area (Å²) < 4.78 is 5.66. The predicted octanol–water partition coefficient (Wildman–Crippen LogP) is 3.41. The fourth-order valence-electron chi connectivity index (χ4n) is 2.14. The van der Waals surface area contributed by atoms with Gasteiger partial charge in [0.15, 0.2) is 0 Å². The Balaban J connectivity index is 1.55. The van der Waals surface area contributed by atoms with Gasteiger partial charge in [-0.1, -0.05) is 18.2 Å². The van der Waals surface area contributed by atoms with Crippen LogP contribution in [0.25, 0.3) is 0 Å². The van der Waals surface area contributed by atoms with Gasteiger partial charge in [-0.2, -0.15) is 4.98 Å². The second-order valence-corrected chi connectivity index (χ2v) is 5.17. The molecule has 0 saturated heterocycles. The number of nitrogens with one attached hydrogen (secondary N) is 2. The molecule has 0 amide bonds. The first-order valence-corrected chi connectivity index (χ1v) is 7.74. The fourth-order valence-corrected chi connectivity index (χ4v) is 2.14. The van der Waals surface area contributed by atoms with Crippen molar-refractivity contribution in [1.82, 2.24) is 15.0 Å². The molecular weight excluding hydrogens is 302 g/mol. The van der Waals surface area contributed by atoms with E-state index in [1.54, 1.807) is 12.4 Å². The van der Waals surface area contributed by atoms with Crippen molar-refractivity contribution in [2.75, 3.05) is 23.8 Å². The van der Waals surface area contributed by atoms with Gasteiger partial charge in [0.25, 0.3) is 0 Å². The number of ether oxygens (including phenoxy) is 1. The van der Waals surface area contributed by atoms with Gasteiger partial charge in [0.2, 0.25) is 5.95 Å². The first kappa shape index (κ1) is 15.7. The molecule has 0 aliphatic rings. The largest absolute Gasteiger partial charge is 0.492 e. The number of hydrogen-bond acceptors (Lipinski definition) is 6. The first-order valence-electron chi connectivity index (χ1n) is 7.74. The van der Waals surface area contributed by atoms with Gasteiger partial charge >= 0.3 is 0 Å². The zero-order valence-electron chi connectivity index (χ0n) is 13.4. The summed E-state index contributed by atoms with van der Waals surface area (Å²) in [5.74, 6) is 2.17. The molecule has 0 unspecified atom stereocenters. The highest BCUT2D eigenvalue weighted by atomic mass is 16.5. The molecule has 0 spiro atoms. The average molecular weight is 321 g/mol. The highest BCUT2D eigenvalue weighted by Crippen LogP contribution is 2.15. The van der Waals surface area contributed by atoms with Crippen molar-refractivity contribution >= 4 is 17.5 Å². The monoisotopic (exact) mass is 321 g/mol. The van der Waals surface area contributed by atoms with E-state index in [4.69, 9.17) is 4.74 Å². The number of pyridine rings is 1. The molecule has 6 heteroatoms. The SMILES string of the molecule is Cc1cc(NCCOc2ccccc2)nc(Nc2ccncc2)n1. The summed E-state index contributed by atoms with van der Waals surface area (Å²) in [5, 5.41) is 6.42. The number of anilines is 3. The molecule has 1 aromatic carbocycles. The summed E-state index contributed by atoms with van der Waals surface area (Å²) in [6.45, 7) is 3.14. The number of aryl methyl sites for hydroxylation is 1. The van der Waals surface area contributed by atoms with Gasteiger partial charge < -0.3 is 15.4 Å². The Morgan fingerprint density at radius 3 is 2.58 bits per heavy atom. The molecule has 0 radical (unpaired) electrons. The molecule has 0 fully saturated rings. The Kier molecular flexibility index (Phi) is 5.19. The Morgan fingerprint density at radius 2 is 1.79 bits per heavy atom. The highest BCUT2D eigenvalue weighted by Gasteiger charge is 2.03. The van der Waals surface area contributed by atoms with Crippen LogP contribution in [-0.4, -0.2) is 28.1 Å². The van der Waals surface area contributed by atoms with Gasteiger partial charge in [-0.05, 0) is 31.2 Å². The van der Waals surface area contributed by atoms with Crippen molar-refractivity contribution in [2.24, 2.45) is 0 Å². The number of hydrogen-bond donors (Lipinski definition) is 2. The molecule has 0 atom stereocenters. The molecule has 2 aromatic heterocycles. The Labute approximate surface area is 141 Å². The van der Waals surface area contributed by atoms with E-state index in [1.165, 1.54) is 0 Å². The summed E-state index contributed by atoms with van der Waals surface area (Å²) in [6, 6.07) is 15.4. The Morgan fingerprint density at radius 1 is 1.00 bits per heavy atom. The van der Waals surface area contributed by atoms with Gasteiger partial charge in [0.1, 0.15) is 18.2 Å². The van der Waals surface area contributed by atoms with Gasteiger partial charge in [-0.15, -0.1) is 0 Å². The maximum Gasteiger partial charge on any atom is 0.229 e. The average Bonchev–Trinajstić information content (AvgIpc) is 2.60. The van der Waals surface area contributed by atoms with Crippen molar-refractivity contribution in [3.8, 4) is 5.75 Å². The molecule has 24 heavy (non-hydrogen) atoms. The van der Waals surface area contributed by atoms with Gasteiger partial charge in [0.05, 0.1) is 6.54 Å². The molecule has 0 saturated carbocycles. The second kappa shape index (κ2) is 7.92. The predicted molar refractivity (Wildman–Crippen MR) is 94.7 cm³/mol. The lowest BCUT2D eigenvalue weighted by atomic mass is 10.3. The van der Waals surface area contributed by atoms with Gasteiger partial charge in [-0.25, -0.2) is 4.98 Å². The molecule has 3 aromatic rings. The van der Waals surface area contributed by atoms with Crippen molar-refractivity contribution < 1.29 is 4.74 Å². The maximum atomic E-state index is 5.66. The lowest BCUT2D eigenvalue weighted by Gasteiger charge is -2.10. The second-order valence-electron chi connectivity index (χ2n) is 5.17. The maximum absolute atomic E-state index is 5.66. The first-order chi connectivity index (χ1) is 11.8. The van der Waals surface area contributed by atoms with E-state index in [2.05, 4.69) is 25.6 Å². The third-order valence-corrected chi connectivity index (χ3v) is 3.21. The fraction of sp³-hybridized carbons (Fsp3) is 0.167. The standard InChI is InChI=1S/C18H19N5O/c1-14-13-17(20-11-12-24-16-5-3-2-4-6-16)23-18(21-14)22-15-7-9-19-10-8-15/h2-10,13H,11-12H2,1H3,(H2,19,20,21,22,23). The zero-order valence-corrected chi connectivity index (χ0v) is 13.4. The molecule has 6 nitrogen and oxygen atoms in total. The molecular formula is C18H19N5O. The molecule has 122 valence electrons. The van der Waals surface area contributed by atoms with Crippen LogP contribution in [0.4, 0.5) is 17.5 Å². The quantitative estimate of drug-likeness (QED) is 0.650. The number of benzene rings is 1. The summed E-state index contributed by atoms with van der Waals surface area (Å²) in [6.07, 6.45) is 3.44. The van der Waals surface area contributed by atoms with Crippen molar-refractivity contribution in [1.29, 1.82) is 0 Å². The van der Waals surface area contributed by atoms with Crippen molar-refractivity contribution in [3.63, 3.8) is 0 Å². The van der Waals surface area contributed by atoms with Crippen LogP contribution in [0.5, 0.6) is 5.75 Å². The van der Waals surface area contributed by atoms with Crippen LogP contribution >= 0.6 is 0 Å². The van der Waals surface area contributed by atoms with E-state index in [1.807, 2.05) is 55.5 Å². The highest BCUT2D eigenvalue weighted by molar-refractivity contribution is 5.54. The van der Waals surface area contributed by atoms with Crippen LogP contribution in [0.15, 0.2) is 60.9 Å². The lowest BCUT2D eigenvalue weighted by molar-refractivity contribution is 0.333. The lowest BCUT2D eigenvalue weighted by Crippen LogP contribution is -2.13. The van der Waals surface area contributed by atoms with Crippen molar-refractivity contribution in [3.05, 3.63) is 66.6 Å². The minimum absolute atomic E-state index is 0.549. The normalized spacial score (nSPS) is 10.2. The Bertz CT molecular complexity index is 765. The van der Waals surface area contributed by atoms with E-state index < -0.39 is 0 Å². The smallest absolute Gasteiger partial charge is 0.229 e. The van der Waals surface area contributed by atoms with Gasteiger partial charge in [-0.3, -0.25) is 4.98 Å². The topological polar surface area (TPSA) is 72.0 Å². The minimum Gasteiger partial charge on any atom is -0.492 e. The van der Waals surface area contributed by atoms with Crippen molar-refractivity contribution in [2.45, 2.75) is 6.92 Å². The number of rotatable bonds is 7. The molecule has 0 aliphatic carbocycles. The molecule has 2 N–H and O–H groups in total. The van der Waals surface area contributed by atoms with E-state index in [-0.39, 0.29) is 0 Å². The van der Waals surface area contributed by atoms with E-state index in [0.717, 1.165) is 22.9 Å². The van der Waals surface area contributed by atoms with E-state index >= 15 is 0 Å². The van der Waals surface area contributed by atoms with Gasteiger partial charge in [0, 0.05) is 29.8 Å². The number of aromatic nitrogens is 3. The molecule has 3 rings (SSSR count). The number of nitrogens with zero attached hydrogens (tertiary/aromatic N) is 3. The minimum atomic E-state index is 0.549. The summed E-state index contributed by atoms with van der Waals surface area (Å²) in [4.78, 5) is 12.8. The van der Waals surface area contributed by atoms with Crippen LogP contribution in [0, 0.1) is 6.92 Å². The van der Waals surface area contributed by atoms with Crippen LogP contribution in [0.2, 0.25) is 0 Å². The van der Waals surface area contributed by atoms with Crippen LogP contribution in [0.1, 0.15) is 5.69 Å². The van der Waals surface area contributed by atoms with E-state index in [0.29, 0.717) is 19.1 Å². The third kappa shape index (κ3) is 4.67. The van der Waals surface area contributed by atoms with E-state index in [9.17, 15) is 0 Å².